The van der Waals surface area contributed by atoms with Crippen molar-refractivity contribution in [1.82, 2.24) is 15.0 Å². The Bertz CT molecular complexity index is 1480. The molecule has 4 N–H and O–H groups in total. The molecule has 0 unspecified atom stereocenters. The second kappa shape index (κ2) is 14.6. The third kappa shape index (κ3) is 8.52. The van der Waals surface area contributed by atoms with Gasteiger partial charge in [0.1, 0.15) is 11.5 Å². The molecule has 0 amide bonds. The zero-order valence-electron chi connectivity index (χ0n) is 25.2. The van der Waals surface area contributed by atoms with Gasteiger partial charge in [-0.3, -0.25) is 4.55 Å². The van der Waals surface area contributed by atoms with Crippen molar-refractivity contribution in [3.63, 3.8) is 0 Å². The summed E-state index contributed by atoms with van der Waals surface area (Å²) in [6, 6.07) is 7.48. The highest BCUT2D eigenvalue weighted by molar-refractivity contribution is 8.00. The monoisotopic (exact) mass is 619 g/mol. The molecule has 12 nitrogen and oxygen atoms in total. The largest absolute Gasteiger partial charge is 0.506 e. The maximum absolute atomic E-state index is 11.3. The molecule has 0 atom stereocenters. The number of aromatic hydroxyl groups is 1. The van der Waals surface area contributed by atoms with Crippen LogP contribution >= 0.6 is 11.8 Å². The second-order valence-electron chi connectivity index (χ2n) is 9.49. The van der Waals surface area contributed by atoms with Crippen LogP contribution in [0, 0.1) is 13.8 Å². The Morgan fingerprint density at radius 3 is 1.83 bits per heavy atom. The summed E-state index contributed by atoms with van der Waals surface area (Å²) in [5.74, 6) is 1.04. The lowest BCUT2D eigenvalue weighted by Crippen LogP contribution is -2.22. The summed E-state index contributed by atoms with van der Waals surface area (Å²) in [4.78, 5) is 17.8. The molecule has 1 heterocycles. The van der Waals surface area contributed by atoms with E-state index in [1.54, 1.807) is 13.2 Å². The molecule has 0 bridgehead atoms. The third-order valence-corrected chi connectivity index (χ3v) is 8.56. The van der Waals surface area contributed by atoms with Gasteiger partial charge in [-0.25, -0.2) is 0 Å². The molecule has 0 spiro atoms. The SMILES string of the molecule is CCN(CC)c1cc(Nc2nc(Nc3cc(N(CC)CC)c(OC)cc3C)nc(SCCS(=O)(=O)O)n2)c(C)cc1O. The van der Waals surface area contributed by atoms with Crippen LogP contribution in [0.15, 0.2) is 29.4 Å². The van der Waals surface area contributed by atoms with E-state index >= 15 is 0 Å². The van der Waals surface area contributed by atoms with Crippen LogP contribution in [0.3, 0.4) is 0 Å². The van der Waals surface area contributed by atoms with Gasteiger partial charge in [0.25, 0.3) is 10.1 Å². The Hall–Kier alpha value is -3.49. The molecule has 0 aliphatic carbocycles. The molecule has 2 aromatic carbocycles. The predicted molar refractivity (Wildman–Crippen MR) is 171 cm³/mol. The van der Waals surface area contributed by atoms with Crippen molar-refractivity contribution in [3.8, 4) is 11.5 Å². The number of thioether (sulfide) groups is 1. The van der Waals surface area contributed by atoms with Gasteiger partial charge in [-0.05, 0) is 76.9 Å². The van der Waals surface area contributed by atoms with Gasteiger partial charge >= 0.3 is 0 Å². The Morgan fingerprint density at radius 2 is 1.33 bits per heavy atom. The lowest BCUT2D eigenvalue weighted by atomic mass is 10.1. The van der Waals surface area contributed by atoms with Crippen molar-refractivity contribution in [1.29, 1.82) is 0 Å². The van der Waals surface area contributed by atoms with Gasteiger partial charge in [-0.1, -0.05) is 11.8 Å². The summed E-state index contributed by atoms with van der Waals surface area (Å²) in [7, 11) is -2.49. The number of ether oxygens (including phenoxy) is 1. The van der Waals surface area contributed by atoms with Gasteiger partial charge in [0, 0.05) is 43.3 Å². The second-order valence-corrected chi connectivity index (χ2v) is 12.1. The van der Waals surface area contributed by atoms with Crippen LogP contribution in [-0.2, 0) is 10.1 Å². The Balaban J connectivity index is 2.05. The topological polar surface area (TPSA) is 153 Å². The number of aromatic nitrogens is 3. The summed E-state index contributed by atoms with van der Waals surface area (Å²) in [5, 5.41) is 17.4. The molecule has 42 heavy (non-hydrogen) atoms. The van der Waals surface area contributed by atoms with Crippen LogP contribution in [0.2, 0.25) is 0 Å². The highest BCUT2D eigenvalue weighted by atomic mass is 32.2. The van der Waals surface area contributed by atoms with Gasteiger partial charge in [0.05, 0.1) is 24.2 Å². The van der Waals surface area contributed by atoms with Crippen molar-refractivity contribution < 1.29 is 22.8 Å². The summed E-state index contributed by atoms with van der Waals surface area (Å²) in [6.45, 7) is 15.0. The van der Waals surface area contributed by atoms with Crippen LogP contribution in [0.5, 0.6) is 11.5 Å². The molecule has 0 saturated heterocycles. The third-order valence-electron chi connectivity index (χ3n) is 6.74. The van der Waals surface area contributed by atoms with Crippen LogP contribution < -0.4 is 25.2 Å². The smallest absolute Gasteiger partial charge is 0.265 e. The van der Waals surface area contributed by atoms with E-state index < -0.39 is 15.9 Å². The summed E-state index contributed by atoms with van der Waals surface area (Å²) >= 11 is 1.09. The standard InChI is InChI=1S/C28H41N7O5S2/c1-8-34(9-2)22-16-20(18(5)14-24(22)36)29-26-31-27(33-28(32-26)41-12-13-42(37,38)39)30-21-17-23(35(10-3)11-4)25(40-7)15-19(21)6/h14-17,36H,8-13H2,1-7H3,(H,37,38,39)(H2,29,30,31,32,33). The lowest BCUT2D eigenvalue weighted by Gasteiger charge is -2.25. The summed E-state index contributed by atoms with van der Waals surface area (Å²) in [5.41, 5.74) is 4.78. The highest BCUT2D eigenvalue weighted by Crippen LogP contribution is 2.36. The number of nitrogens with one attached hydrogen (secondary N) is 2. The molecule has 0 radical (unpaired) electrons. The summed E-state index contributed by atoms with van der Waals surface area (Å²) in [6.07, 6.45) is 0. The number of phenolic OH excluding ortho intramolecular Hbond substituents is 1. The average Bonchev–Trinajstić information content (AvgIpc) is 2.93. The molecular weight excluding hydrogens is 578 g/mol. The maximum Gasteiger partial charge on any atom is 0.265 e. The Morgan fingerprint density at radius 1 is 0.833 bits per heavy atom. The fourth-order valence-electron chi connectivity index (χ4n) is 4.43. The first-order valence-electron chi connectivity index (χ1n) is 13.8. The van der Waals surface area contributed by atoms with Crippen molar-refractivity contribution in [2.24, 2.45) is 0 Å². The number of benzene rings is 2. The minimum Gasteiger partial charge on any atom is -0.506 e. The van der Waals surface area contributed by atoms with Crippen LogP contribution in [0.1, 0.15) is 38.8 Å². The quantitative estimate of drug-likeness (QED) is 0.0981. The number of phenols is 1. The number of hydrogen-bond donors (Lipinski definition) is 4. The van der Waals surface area contributed by atoms with Crippen LogP contribution in [0.4, 0.5) is 34.6 Å². The van der Waals surface area contributed by atoms with E-state index in [9.17, 15) is 18.1 Å². The first-order chi connectivity index (χ1) is 19.9. The molecule has 0 aliphatic rings. The Labute approximate surface area is 252 Å². The van der Waals surface area contributed by atoms with E-state index in [2.05, 4.69) is 44.3 Å². The zero-order chi connectivity index (χ0) is 31.0. The zero-order valence-corrected chi connectivity index (χ0v) is 26.9. The number of aryl methyl sites for hydroxylation is 2. The predicted octanol–water partition coefficient (Wildman–Crippen LogP) is 5.36. The fraction of sp³-hybridized carbons (Fsp3) is 0.464. The van der Waals surface area contributed by atoms with Crippen molar-refractivity contribution in [3.05, 3.63) is 35.4 Å². The van der Waals surface area contributed by atoms with Gasteiger partial charge in [-0.15, -0.1) is 0 Å². The molecule has 230 valence electrons. The first-order valence-corrected chi connectivity index (χ1v) is 16.4. The van der Waals surface area contributed by atoms with Crippen molar-refractivity contribution in [2.75, 3.05) is 65.2 Å². The maximum atomic E-state index is 11.3. The molecule has 14 heteroatoms. The molecule has 0 aliphatic heterocycles. The van der Waals surface area contributed by atoms with E-state index in [1.807, 2.05) is 50.8 Å². The highest BCUT2D eigenvalue weighted by Gasteiger charge is 2.17. The minimum absolute atomic E-state index is 0.0553. The molecule has 0 saturated carbocycles. The first kappa shape index (κ1) is 33.0. The van der Waals surface area contributed by atoms with Gasteiger partial charge in [0.15, 0.2) is 5.16 Å². The molecular formula is C28H41N7O5S2. The number of methoxy groups -OCH3 is 1. The van der Waals surface area contributed by atoms with E-state index in [4.69, 9.17) is 4.74 Å². The van der Waals surface area contributed by atoms with Crippen molar-refractivity contribution in [2.45, 2.75) is 46.7 Å². The van der Waals surface area contributed by atoms with Crippen molar-refractivity contribution >= 4 is 56.5 Å². The fourth-order valence-corrected chi connectivity index (χ4v) is 6.09. The summed E-state index contributed by atoms with van der Waals surface area (Å²) < 4.78 is 37.4. The number of anilines is 6. The van der Waals surface area contributed by atoms with E-state index in [0.29, 0.717) is 11.4 Å². The van der Waals surface area contributed by atoms with E-state index in [-0.39, 0.29) is 28.6 Å². The van der Waals surface area contributed by atoms with Gasteiger partial charge in [-0.2, -0.15) is 23.4 Å². The van der Waals surface area contributed by atoms with Crippen LogP contribution in [0.25, 0.3) is 0 Å². The normalized spacial score (nSPS) is 11.3. The van der Waals surface area contributed by atoms with E-state index in [1.165, 1.54) is 0 Å². The van der Waals surface area contributed by atoms with Gasteiger partial charge in [0.2, 0.25) is 11.9 Å². The molecule has 0 fully saturated rings. The lowest BCUT2D eigenvalue weighted by molar-refractivity contribution is 0.414. The van der Waals surface area contributed by atoms with E-state index in [0.717, 1.165) is 66.2 Å². The Kier molecular flexibility index (Phi) is 11.5. The number of hydrogen-bond acceptors (Lipinski definition) is 12. The molecule has 1 aromatic heterocycles. The molecule has 3 rings (SSSR count). The minimum atomic E-state index is -4.14. The van der Waals surface area contributed by atoms with Crippen LogP contribution in [-0.4, -0.2) is 77.8 Å². The average molecular weight is 620 g/mol. The number of nitrogens with zero attached hydrogens (tertiary/aromatic N) is 5. The van der Waals surface area contributed by atoms with Gasteiger partial charge < -0.3 is 30.3 Å². The molecule has 3 aromatic rings. The number of rotatable bonds is 15.